The Balaban J connectivity index is 1.75. The van der Waals surface area contributed by atoms with Gasteiger partial charge in [0.05, 0.1) is 5.75 Å². The molecule has 0 heterocycles. The molecule has 0 aliphatic heterocycles. The van der Waals surface area contributed by atoms with Crippen LogP contribution in [0.4, 0.5) is 0 Å². The molecule has 0 unspecified atom stereocenters. The number of carbonyl (C=O) groups excluding carboxylic acids is 1. The van der Waals surface area contributed by atoms with E-state index in [4.69, 9.17) is 0 Å². The predicted octanol–water partition coefficient (Wildman–Crippen LogP) is 3.05. The topological polar surface area (TPSA) is 41.1 Å². The Morgan fingerprint density at radius 2 is 1.86 bits per heavy atom. The first-order chi connectivity index (χ1) is 10.3. The van der Waals surface area contributed by atoms with Gasteiger partial charge in [-0.25, -0.2) is 0 Å². The molecule has 3 nitrogen and oxygen atoms in total. The summed E-state index contributed by atoms with van der Waals surface area (Å²) in [5, 5.41) is 8.63. The van der Waals surface area contributed by atoms with E-state index in [-0.39, 0.29) is 5.91 Å². The largest absolute Gasteiger partial charge is 0.354 e. The van der Waals surface area contributed by atoms with Crippen molar-refractivity contribution in [2.24, 2.45) is 0 Å². The van der Waals surface area contributed by atoms with Crippen molar-refractivity contribution >= 4 is 28.4 Å². The van der Waals surface area contributed by atoms with Gasteiger partial charge in [0.25, 0.3) is 0 Å². The molecule has 0 bridgehead atoms. The van der Waals surface area contributed by atoms with Crippen molar-refractivity contribution in [2.45, 2.75) is 18.2 Å². The third-order valence-electron chi connectivity index (χ3n) is 3.14. The number of benzene rings is 2. The molecule has 0 aliphatic rings. The van der Waals surface area contributed by atoms with Crippen LogP contribution in [-0.2, 0) is 4.79 Å². The maximum atomic E-state index is 11.8. The lowest BCUT2D eigenvalue weighted by atomic mass is 10.1. The lowest BCUT2D eigenvalue weighted by Crippen LogP contribution is -2.33. The summed E-state index contributed by atoms with van der Waals surface area (Å²) in [6.45, 7) is 4.66. The van der Waals surface area contributed by atoms with Gasteiger partial charge in [0.1, 0.15) is 0 Å². The first-order valence-electron chi connectivity index (χ1n) is 7.38. The van der Waals surface area contributed by atoms with E-state index >= 15 is 0 Å². The molecule has 2 aromatic carbocycles. The third-order valence-corrected chi connectivity index (χ3v) is 4.14. The molecule has 0 saturated carbocycles. The zero-order valence-electron chi connectivity index (χ0n) is 12.4. The van der Waals surface area contributed by atoms with E-state index in [0.717, 1.165) is 24.4 Å². The highest BCUT2D eigenvalue weighted by atomic mass is 32.2. The average molecular weight is 302 g/mol. The highest BCUT2D eigenvalue weighted by molar-refractivity contribution is 8.00. The SMILES string of the molecule is CCCNCCNC(=O)CSc1ccc2ccccc2c1. The average Bonchev–Trinajstić information content (AvgIpc) is 2.52. The van der Waals surface area contributed by atoms with Gasteiger partial charge in [-0.1, -0.05) is 37.3 Å². The molecule has 21 heavy (non-hydrogen) atoms. The zero-order valence-corrected chi connectivity index (χ0v) is 13.2. The normalized spacial score (nSPS) is 10.7. The summed E-state index contributed by atoms with van der Waals surface area (Å²) >= 11 is 1.58. The van der Waals surface area contributed by atoms with E-state index in [0.29, 0.717) is 12.3 Å². The van der Waals surface area contributed by atoms with E-state index in [1.807, 2.05) is 12.1 Å². The molecule has 0 aromatic heterocycles. The molecule has 0 fully saturated rings. The highest BCUT2D eigenvalue weighted by Crippen LogP contribution is 2.23. The number of fused-ring (bicyclic) bond motifs is 1. The molecule has 2 N–H and O–H groups in total. The summed E-state index contributed by atoms with van der Waals surface area (Å²) in [5.41, 5.74) is 0. The molecule has 0 atom stereocenters. The van der Waals surface area contributed by atoms with Gasteiger partial charge in [-0.2, -0.15) is 0 Å². The van der Waals surface area contributed by atoms with Crippen LogP contribution in [0.25, 0.3) is 10.8 Å². The lowest BCUT2D eigenvalue weighted by molar-refractivity contribution is -0.118. The van der Waals surface area contributed by atoms with Crippen molar-refractivity contribution in [3.63, 3.8) is 0 Å². The number of carbonyl (C=O) groups is 1. The molecular weight excluding hydrogens is 280 g/mol. The van der Waals surface area contributed by atoms with Crippen LogP contribution in [0.3, 0.4) is 0 Å². The van der Waals surface area contributed by atoms with Crippen LogP contribution >= 0.6 is 11.8 Å². The smallest absolute Gasteiger partial charge is 0.230 e. The van der Waals surface area contributed by atoms with Crippen molar-refractivity contribution in [2.75, 3.05) is 25.4 Å². The minimum atomic E-state index is 0.0893. The van der Waals surface area contributed by atoms with E-state index in [1.165, 1.54) is 10.8 Å². The molecule has 2 rings (SSSR count). The number of thioether (sulfide) groups is 1. The first kappa shape index (κ1) is 15.9. The van der Waals surface area contributed by atoms with Gasteiger partial charge in [-0.15, -0.1) is 11.8 Å². The van der Waals surface area contributed by atoms with Gasteiger partial charge in [-0.05, 0) is 35.9 Å². The number of nitrogens with one attached hydrogen (secondary N) is 2. The van der Waals surface area contributed by atoms with E-state index in [1.54, 1.807) is 11.8 Å². The van der Waals surface area contributed by atoms with Crippen LogP contribution in [0.15, 0.2) is 47.4 Å². The second-order valence-electron chi connectivity index (χ2n) is 4.90. The van der Waals surface area contributed by atoms with Crippen molar-refractivity contribution in [3.8, 4) is 0 Å². The van der Waals surface area contributed by atoms with Crippen LogP contribution in [0.1, 0.15) is 13.3 Å². The first-order valence-corrected chi connectivity index (χ1v) is 8.37. The summed E-state index contributed by atoms with van der Waals surface area (Å²) in [5.74, 6) is 0.554. The molecule has 0 aliphatic carbocycles. The van der Waals surface area contributed by atoms with Crippen LogP contribution in [-0.4, -0.2) is 31.3 Å². The molecule has 2 aromatic rings. The molecular formula is C17H22N2OS. The Kier molecular flexibility index (Phi) is 6.57. The standard InChI is InChI=1S/C17H22N2OS/c1-2-9-18-10-11-19-17(20)13-21-16-8-7-14-5-3-4-6-15(14)12-16/h3-8,12,18H,2,9-11,13H2,1H3,(H,19,20). The summed E-state index contributed by atoms with van der Waals surface area (Å²) < 4.78 is 0. The molecule has 0 spiro atoms. The maximum Gasteiger partial charge on any atom is 0.230 e. The second kappa shape index (κ2) is 8.70. The van der Waals surface area contributed by atoms with Crippen molar-refractivity contribution in [3.05, 3.63) is 42.5 Å². The molecule has 4 heteroatoms. The quantitative estimate of drug-likeness (QED) is 0.582. The van der Waals surface area contributed by atoms with Gasteiger partial charge in [-0.3, -0.25) is 4.79 Å². The van der Waals surface area contributed by atoms with Crippen LogP contribution in [0.5, 0.6) is 0 Å². The summed E-state index contributed by atoms with van der Waals surface area (Å²) in [4.78, 5) is 12.9. The van der Waals surface area contributed by atoms with Gasteiger partial charge >= 0.3 is 0 Å². The van der Waals surface area contributed by atoms with Gasteiger partial charge in [0.2, 0.25) is 5.91 Å². The minimum absolute atomic E-state index is 0.0893. The Hall–Kier alpha value is -1.52. The van der Waals surface area contributed by atoms with Crippen molar-refractivity contribution in [1.29, 1.82) is 0 Å². The van der Waals surface area contributed by atoms with Crippen molar-refractivity contribution < 1.29 is 4.79 Å². The molecule has 0 radical (unpaired) electrons. The third kappa shape index (κ3) is 5.40. The van der Waals surface area contributed by atoms with Crippen LogP contribution < -0.4 is 10.6 Å². The lowest BCUT2D eigenvalue weighted by Gasteiger charge is -2.06. The predicted molar refractivity (Wildman–Crippen MR) is 90.8 cm³/mol. The highest BCUT2D eigenvalue weighted by Gasteiger charge is 2.03. The Labute approximate surface area is 130 Å². The van der Waals surface area contributed by atoms with Gasteiger partial charge in [0.15, 0.2) is 0 Å². The number of amides is 1. The van der Waals surface area contributed by atoms with Crippen LogP contribution in [0, 0.1) is 0 Å². The van der Waals surface area contributed by atoms with E-state index in [9.17, 15) is 4.79 Å². The fourth-order valence-electron chi connectivity index (χ4n) is 2.05. The minimum Gasteiger partial charge on any atom is -0.354 e. The Morgan fingerprint density at radius 1 is 1.05 bits per heavy atom. The fourth-order valence-corrected chi connectivity index (χ4v) is 2.82. The number of hydrogen-bond acceptors (Lipinski definition) is 3. The molecule has 1 amide bonds. The maximum absolute atomic E-state index is 11.8. The second-order valence-corrected chi connectivity index (χ2v) is 5.95. The van der Waals surface area contributed by atoms with Gasteiger partial charge in [0, 0.05) is 18.0 Å². The van der Waals surface area contributed by atoms with Crippen LogP contribution in [0.2, 0.25) is 0 Å². The fraction of sp³-hybridized carbons (Fsp3) is 0.353. The number of rotatable bonds is 8. The summed E-state index contributed by atoms with van der Waals surface area (Å²) in [6.07, 6.45) is 1.12. The van der Waals surface area contributed by atoms with E-state index < -0.39 is 0 Å². The number of hydrogen-bond donors (Lipinski definition) is 2. The Bertz CT molecular complexity index is 586. The van der Waals surface area contributed by atoms with Gasteiger partial charge < -0.3 is 10.6 Å². The van der Waals surface area contributed by atoms with Crippen molar-refractivity contribution in [1.82, 2.24) is 10.6 Å². The monoisotopic (exact) mass is 302 g/mol. The summed E-state index contributed by atoms with van der Waals surface area (Å²) in [6, 6.07) is 14.6. The Morgan fingerprint density at radius 3 is 2.67 bits per heavy atom. The zero-order chi connectivity index (χ0) is 14.9. The van der Waals surface area contributed by atoms with E-state index in [2.05, 4.69) is 47.9 Å². The summed E-state index contributed by atoms with van der Waals surface area (Å²) in [7, 11) is 0. The molecule has 0 saturated heterocycles. The molecule has 112 valence electrons.